The topological polar surface area (TPSA) is 139 Å². The first-order valence-corrected chi connectivity index (χ1v) is 11.7. The van der Waals surface area contributed by atoms with Gasteiger partial charge in [0.05, 0.1) is 17.8 Å². The molecule has 14 heteroatoms. The van der Waals surface area contributed by atoms with Gasteiger partial charge in [0.1, 0.15) is 51.7 Å². The van der Waals surface area contributed by atoms with E-state index in [9.17, 15) is 15.5 Å². The van der Waals surface area contributed by atoms with Gasteiger partial charge in [-0.1, -0.05) is 40.2 Å². The van der Waals surface area contributed by atoms with Crippen LogP contribution < -0.4 is 0 Å². The summed E-state index contributed by atoms with van der Waals surface area (Å²) in [6.45, 7) is -0.437. The van der Waals surface area contributed by atoms with Crippen molar-refractivity contribution in [1.82, 2.24) is 25.0 Å². The summed E-state index contributed by atoms with van der Waals surface area (Å²) >= 11 is 14.4. The minimum atomic E-state index is -1.15. The van der Waals surface area contributed by atoms with Gasteiger partial charge in [-0.2, -0.15) is 5.26 Å². The fourth-order valence-electron chi connectivity index (χ4n) is 3.32. The van der Waals surface area contributed by atoms with Crippen LogP contribution in [0, 0.1) is 11.3 Å². The number of rotatable bonds is 6. The smallest absolute Gasteiger partial charge is 0.154 e. The van der Waals surface area contributed by atoms with Gasteiger partial charge in [0.25, 0.3) is 0 Å². The molecule has 32 heavy (non-hydrogen) atoms. The summed E-state index contributed by atoms with van der Waals surface area (Å²) in [7, 11) is 1.47. The first kappa shape index (κ1) is 23.3. The molecule has 0 aromatic carbocycles. The molecule has 2 N–H and O–H groups in total. The number of halogens is 2. The number of pyridine rings is 1. The lowest BCUT2D eigenvalue weighted by Gasteiger charge is -2.43. The van der Waals surface area contributed by atoms with Gasteiger partial charge < -0.3 is 19.7 Å². The molecule has 1 fully saturated rings. The van der Waals surface area contributed by atoms with Crippen LogP contribution in [-0.4, -0.2) is 72.6 Å². The zero-order chi connectivity index (χ0) is 22.8. The molecule has 0 radical (unpaired) electrons. The molecule has 5 unspecified atom stereocenters. The van der Waals surface area contributed by atoms with Gasteiger partial charge >= 0.3 is 0 Å². The van der Waals surface area contributed by atoms with Crippen molar-refractivity contribution in [3.05, 3.63) is 39.7 Å². The van der Waals surface area contributed by atoms with Crippen molar-refractivity contribution < 1.29 is 19.7 Å². The summed E-state index contributed by atoms with van der Waals surface area (Å²) in [4.78, 5) is 8.69. The molecule has 0 aliphatic carbocycles. The van der Waals surface area contributed by atoms with Crippen LogP contribution in [0.1, 0.15) is 11.7 Å². The summed E-state index contributed by atoms with van der Waals surface area (Å²) in [6.07, 6.45) is 0.202. The molecule has 0 saturated carbocycles. The molecule has 3 aromatic heterocycles. The second kappa shape index (κ2) is 9.98. The average Bonchev–Trinajstić information content (AvgIpc) is 3.43. The Hall–Kier alpha value is -1.82. The average molecular weight is 515 g/mol. The zero-order valence-electron chi connectivity index (χ0n) is 16.4. The van der Waals surface area contributed by atoms with E-state index >= 15 is 0 Å². The highest BCUT2D eigenvalue weighted by atomic mass is 35.5. The van der Waals surface area contributed by atoms with Gasteiger partial charge in [0, 0.05) is 23.6 Å². The van der Waals surface area contributed by atoms with Gasteiger partial charge in [-0.25, -0.2) is 14.6 Å². The van der Waals surface area contributed by atoms with Gasteiger partial charge in [-0.05, 0) is 6.07 Å². The normalized spacial score (nSPS) is 25.6. The molecule has 0 bridgehead atoms. The van der Waals surface area contributed by atoms with Crippen LogP contribution in [-0.2, 0) is 9.47 Å². The molecule has 1 saturated heterocycles. The second-order valence-electron chi connectivity index (χ2n) is 6.70. The number of aromatic nitrogens is 5. The lowest BCUT2D eigenvalue weighted by molar-refractivity contribution is -0.186. The van der Waals surface area contributed by atoms with Crippen LogP contribution in [0.25, 0.3) is 10.7 Å². The van der Waals surface area contributed by atoms with E-state index in [0.717, 1.165) is 11.8 Å². The van der Waals surface area contributed by atoms with Crippen molar-refractivity contribution in [3.63, 3.8) is 0 Å². The van der Waals surface area contributed by atoms with Gasteiger partial charge in [-0.3, -0.25) is 0 Å². The maximum Gasteiger partial charge on any atom is 0.154 e. The highest BCUT2D eigenvalue weighted by Crippen LogP contribution is 2.40. The highest BCUT2D eigenvalue weighted by Gasteiger charge is 2.47. The van der Waals surface area contributed by atoms with Crippen molar-refractivity contribution in [1.29, 1.82) is 5.26 Å². The van der Waals surface area contributed by atoms with Crippen molar-refractivity contribution >= 4 is 46.3 Å². The number of hydrogen-bond donors (Lipinski definition) is 2. The van der Waals surface area contributed by atoms with Gasteiger partial charge in [0.15, 0.2) is 5.69 Å². The van der Waals surface area contributed by atoms with Crippen molar-refractivity contribution in [2.45, 2.75) is 34.7 Å². The van der Waals surface area contributed by atoms with Gasteiger partial charge in [0.2, 0.25) is 0 Å². The fourth-order valence-corrected chi connectivity index (χ4v) is 5.70. The van der Waals surface area contributed by atoms with Crippen molar-refractivity contribution in [2.24, 2.45) is 0 Å². The number of methoxy groups -OCH3 is 1. The third-order valence-corrected chi connectivity index (χ3v) is 7.35. The molecular formula is C18H16Cl2N6O4S2. The van der Waals surface area contributed by atoms with E-state index in [1.54, 1.807) is 17.6 Å². The third kappa shape index (κ3) is 4.61. The summed E-state index contributed by atoms with van der Waals surface area (Å²) < 4.78 is 13.1. The van der Waals surface area contributed by atoms with Gasteiger partial charge in [-0.15, -0.1) is 16.4 Å². The number of thioether (sulfide) groups is 1. The van der Waals surface area contributed by atoms with Crippen LogP contribution >= 0.6 is 46.3 Å². The number of hydrogen-bond acceptors (Lipinski definition) is 11. The van der Waals surface area contributed by atoms with Crippen LogP contribution in [0.5, 0.6) is 0 Å². The Kier molecular flexibility index (Phi) is 7.28. The zero-order valence-corrected chi connectivity index (χ0v) is 19.5. The summed E-state index contributed by atoms with van der Waals surface area (Å²) in [5.41, 5.74) is -0.0735. The van der Waals surface area contributed by atoms with E-state index in [0.29, 0.717) is 25.8 Å². The van der Waals surface area contributed by atoms with E-state index in [4.69, 9.17) is 32.7 Å². The Balaban J connectivity index is 1.68. The lowest BCUT2D eigenvalue weighted by atomic mass is 9.97. The lowest BCUT2D eigenvalue weighted by Crippen LogP contribution is -2.55. The monoisotopic (exact) mass is 514 g/mol. The first-order valence-electron chi connectivity index (χ1n) is 9.17. The number of ether oxygens (including phenoxy) is 2. The van der Waals surface area contributed by atoms with Crippen LogP contribution in [0.2, 0.25) is 10.2 Å². The molecule has 168 valence electrons. The van der Waals surface area contributed by atoms with Crippen molar-refractivity contribution in [3.8, 4) is 16.8 Å². The molecule has 4 heterocycles. The predicted octanol–water partition coefficient (Wildman–Crippen LogP) is 2.40. The fraction of sp³-hybridized carbons (Fsp3) is 0.389. The summed E-state index contributed by atoms with van der Waals surface area (Å²) in [5, 5.41) is 41.3. The van der Waals surface area contributed by atoms with Crippen molar-refractivity contribution in [2.75, 3.05) is 13.7 Å². The highest BCUT2D eigenvalue weighted by molar-refractivity contribution is 7.99. The molecule has 5 atom stereocenters. The summed E-state index contributed by atoms with van der Waals surface area (Å²) in [5.74, 6) is 0. The molecule has 10 nitrogen and oxygen atoms in total. The van der Waals surface area contributed by atoms with E-state index in [1.807, 2.05) is 6.07 Å². The van der Waals surface area contributed by atoms with E-state index < -0.39 is 36.4 Å². The Labute approximate surface area is 200 Å². The number of nitrogens with zero attached hydrogens (tertiary/aromatic N) is 6. The number of aliphatic hydroxyl groups excluding tert-OH is 2. The second-order valence-corrected chi connectivity index (χ2v) is 9.52. The summed E-state index contributed by atoms with van der Waals surface area (Å²) in [6, 6.07) is 2.86. The molecule has 1 aliphatic heterocycles. The minimum Gasteiger partial charge on any atom is -0.394 e. The molecule has 0 spiro atoms. The molecule has 3 aromatic rings. The molecule has 4 rings (SSSR count). The number of nitriles is 1. The molecule has 1 aliphatic rings. The Morgan fingerprint density at radius 2 is 2.25 bits per heavy atom. The standard InChI is InChI=1S/C18H16Cl2N6O4S2/c1-29-16-14(26-5-10(24-25-26)17-23-13(20)7-31-17)15(28)11(6-27)30-18(16)32-12-2-8(19)4-22-9(12)3-21/h2,4-5,7,11,14-16,18,27-28H,6H2,1H3. The first-order chi connectivity index (χ1) is 15.4. The van der Waals surface area contributed by atoms with E-state index in [-0.39, 0.29) is 5.69 Å². The maximum absolute atomic E-state index is 10.9. The van der Waals surface area contributed by atoms with E-state index in [2.05, 4.69) is 20.3 Å². The largest absolute Gasteiger partial charge is 0.394 e. The SMILES string of the molecule is COC1C(Sc2cc(Cl)cnc2C#N)OC(CO)C(O)C1n1cc(-c2nc(Cl)cs2)nn1. The number of aliphatic hydroxyl groups is 2. The molecular weight excluding hydrogens is 499 g/mol. The minimum absolute atomic E-state index is 0.171. The van der Waals surface area contributed by atoms with E-state index in [1.165, 1.54) is 29.3 Å². The number of thiazole rings is 1. The predicted molar refractivity (Wildman–Crippen MR) is 118 cm³/mol. The van der Waals surface area contributed by atoms with Crippen LogP contribution in [0.15, 0.2) is 28.7 Å². The maximum atomic E-state index is 10.9. The van der Waals surface area contributed by atoms with Crippen LogP contribution in [0.3, 0.4) is 0 Å². The molecule has 0 amide bonds. The quantitative estimate of drug-likeness (QED) is 0.503. The Morgan fingerprint density at radius 1 is 1.44 bits per heavy atom. The Morgan fingerprint density at radius 3 is 2.91 bits per heavy atom. The third-order valence-electron chi connectivity index (χ3n) is 4.78. The Bertz CT molecular complexity index is 1140. The van der Waals surface area contributed by atoms with Crippen LogP contribution in [0.4, 0.5) is 0 Å².